The minimum absolute atomic E-state index is 0.0178. The highest BCUT2D eigenvalue weighted by Gasteiger charge is 2.18. The van der Waals surface area contributed by atoms with Crippen molar-refractivity contribution in [2.45, 2.75) is 18.2 Å². The van der Waals surface area contributed by atoms with E-state index in [1.165, 1.54) is 18.8 Å². The maximum absolute atomic E-state index is 13.5. The first-order valence-electron chi connectivity index (χ1n) is 5.47. The molecule has 1 aromatic rings. The largest absolute Gasteiger partial charge is 0.395 e. The van der Waals surface area contributed by atoms with Crippen LogP contribution in [0.1, 0.15) is 6.92 Å². The number of aromatic nitrogens is 1. The zero-order chi connectivity index (χ0) is 13.7. The second-order valence-electron chi connectivity index (χ2n) is 3.79. The third-order valence-corrected chi connectivity index (χ3v) is 3.73. The number of nitrogens with one attached hydrogen (secondary N) is 2. The Morgan fingerprint density at radius 3 is 2.50 bits per heavy atom. The average molecular weight is 277 g/mol. The number of thioether (sulfide) groups is 1. The molecule has 0 saturated carbocycles. The minimum atomic E-state index is -0.754. The third-order valence-electron chi connectivity index (χ3n) is 2.57. The highest BCUT2D eigenvalue weighted by molar-refractivity contribution is 7.99. The maximum Gasteiger partial charge on any atom is 0.168 e. The first-order valence-corrected chi connectivity index (χ1v) is 6.76. The van der Waals surface area contributed by atoms with Gasteiger partial charge >= 0.3 is 0 Å². The summed E-state index contributed by atoms with van der Waals surface area (Å²) in [7, 11) is 1.51. The molecule has 0 amide bonds. The van der Waals surface area contributed by atoms with Crippen molar-refractivity contribution >= 4 is 23.4 Å². The van der Waals surface area contributed by atoms with Crippen LogP contribution in [0.3, 0.4) is 0 Å². The molecule has 1 aromatic heterocycles. The summed E-state index contributed by atoms with van der Waals surface area (Å²) in [6.07, 6.45) is 1.85. The standard InChI is InChI=1S/C11H17F2N3OS/c1-6(9(5-17)18-3)15-11-8(13)4-7(12)10(14-2)16-11/h4,6,9,17H,5H2,1-3H3,(H2,14,15,16). The first-order chi connectivity index (χ1) is 8.53. The van der Waals surface area contributed by atoms with Crippen molar-refractivity contribution in [1.29, 1.82) is 0 Å². The topological polar surface area (TPSA) is 57.2 Å². The Morgan fingerprint density at radius 2 is 2.00 bits per heavy atom. The second kappa shape index (κ2) is 6.75. The molecule has 0 aliphatic heterocycles. The summed E-state index contributed by atoms with van der Waals surface area (Å²) < 4.78 is 26.8. The van der Waals surface area contributed by atoms with Crippen LogP contribution in [-0.4, -0.2) is 41.3 Å². The molecular weight excluding hydrogens is 260 g/mol. The fraction of sp³-hybridized carbons (Fsp3) is 0.545. The molecule has 0 bridgehead atoms. The molecule has 4 nitrogen and oxygen atoms in total. The summed E-state index contributed by atoms with van der Waals surface area (Å²) in [5.74, 6) is -1.54. The highest BCUT2D eigenvalue weighted by Crippen LogP contribution is 2.21. The van der Waals surface area contributed by atoms with Gasteiger partial charge in [-0.2, -0.15) is 11.8 Å². The molecule has 2 unspecified atom stereocenters. The maximum atomic E-state index is 13.5. The first kappa shape index (κ1) is 15.0. The Balaban J connectivity index is 2.90. The monoisotopic (exact) mass is 277 g/mol. The Morgan fingerprint density at radius 1 is 1.39 bits per heavy atom. The molecule has 1 heterocycles. The van der Waals surface area contributed by atoms with E-state index in [0.717, 1.165) is 6.07 Å². The Labute approximate surface area is 109 Å². The van der Waals surface area contributed by atoms with Crippen LogP contribution in [0, 0.1) is 11.6 Å². The zero-order valence-electron chi connectivity index (χ0n) is 10.5. The molecule has 3 N–H and O–H groups in total. The van der Waals surface area contributed by atoms with Crippen LogP contribution in [-0.2, 0) is 0 Å². The molecule has 0 aromatic carbocycles. The van der Waals surface area contributed by atoms with Crippen molar-refractivity contribution in [3.63, 3.8) is 0 Å². The number of hydrogen-bond donors (Lipinski definition) is 3. The Bertz CT molecular complexity index is 402. The fourth-order valence-corrected chi connectivity index (χ4v) is 2.11. The van der Waals surface area contributed by atoms with Crippen LogP contribution in [0.4, 0.5) is 20.4 Å². The molecular formula is C11H17F2N3OS. The van der Waals surface area contributed by atoms with Crippen LogP contribution in [0.2, 0.25) is 0 Å². The molecule has 102 valence electrons. The number of pyridine rings is 1. The highest BCUT2D eigenvalue weighted by atomic mass is 32.2. The van der Waals surface area contributed by atoms with Crippen LogP contribution in [0.25, 0.3) is 0 Å². The van der Waals surface area contributed by atoms with E-state index in [-0.39, 0.29) is 29.5 Å². The zero-order valence-corrected chi connectivity index (χ0v) is 11.3. The summed E-state index contributed by atoms with van der Waals surface area (Å²) in [4.78, 5) is 3.82. The van der Waals surface area contributed by atoms with Crippen LogP contribution >= 0.6 is 11.8 Å². The predicted octanol–water partition coefficient (Wildman–Crippen LogP) is 1.93. The smallest absolute Gasteiger partial charge is 0.168 e. The number of rotatable bonds is 6. The van der Waals surface area contributed by atoms with Gasteiger partial charge in [0.2, 0.25) is 0 Å². The molecule has 2 atom stereocenters. The van der Waals surface area contributed by atoms with E-state index in [9.17, 15) is 8.78 Å². The average Bonchev–Trinajstić information content (AvgIpc) is 2.34. The normalized spacial score (nSPS) is 14.1. The van der Waals surface area contributed by atoms with Gasteiger partial charge in [-0.3, -0.25) is 0 Å². The van der Waals surface area contributed by atoms with E-state index in [2.05, 4.69) is 15.6 Å². The predicted molar refractivity (Wildman–Crippen MR) is 71.2 cm³/mol. The van der Waals surface area contributed by atoms with Crippen molar-refractivity contribution in [3.8, 4) is 0 Å². The second-order valence-corrected chi connectivity index (χ2v) is 4.87. The lowest BCUT2D eigenvalue weighted by molar-refractivity contribution is 0.288. The quantitative estimate of drug-likeness (QED) is 0.742. The van der Waals surface area contributed by atoms with Crippen LogP contribution in [0.15, 0.2) is 6.07 Å². The van der Waals surface area contributed by atoms with Gasteiger partial charge in [-0.25, -0.2) is 13.8 Å². The summed E-state index contributed by atoms with van der Waals surface area (Å²) in [6.45, 7) is 1.78. The molecule has 7 heteroatoms. The van der Waals surface area contributed by atoms with E-state index in [0.29, 0.717) is 0 Å². The van der Waals surface area contributed by atoms with Gasteiger partial charge < -0.3 is 15.7 Å². The number of aliphatic hydroxyl groups is 1. The molecule has 0 aliphatic rings. The van der Waals surface area contributed by atoms with E-state index in [1.807, 2.05) is 6.26 Å². The van der Waals surface area contributed by atoms with Crippen molar-refractivity contribution in [3.05, 3.63) is 17.7 Å². The van der Waals surface area contributed by atoms with E-state index in [1.54, 1.807) is 6.92 Å². The number of halogens is 2. The summed E-state index contributed by atoms with van der Waals surface area (Å²) in [5.41, 5.74) is 0. The van der Waals surface area contributed by atoms with Gasteiger partial charge in [0.15, 0.2) is 23.3 Å². The van der Waals surface area contributed by atoms with Gasteiger partial charge in [0.05, 0.1) is 6.61 Å². The molecule has 1 rings (SSSR count). The van der Waals surface area contributed by atoms with Crippen LogP contribution in [0.5, 0.6) is 0 Å². The molecule has 0 spiro atoms. The van der Waals surface area contributed by atoms with Gasteiger partial charge in [-0.15, -0.1) is 0 Å². The van der Waals surface area contributed by atoms with Gasteiger partial charge in [-0.05, 0) is 13.2 Å². The SMILES string of the molecule is CNc1nc(NC(C)C(CO)SC)c(F)cc1F. The lowest BCUT2D eigenvalue weighted by Crippen LogP contribution is -2.31. The number of aliphatic hydroxyl groups excluding tert-OH is 1. The van der Waals surface area contributed by atoms with Gasteiger partial charge in [0.1, 0.15) is 0 Å². The van der Waals surface area contributed by atoms with E-state index >= 15 is 0 Å². The van der Waals surface area contributed by atoms with Gasteiger partial charge in [-0.1, -0.05) is 0 Å². The molecule has 0 saturated heterocycles. The van der Waals surface area contributed by atoms with E-state index in [4.69, 9.17) is 5.11 Å². The van der Waals surface area contributed by atoms with Crippen molar-refractivity contribution in [2.75, 3.05) is 30.5 Å². The third kappa shape index (κ3) is 3.46. The van der Waals surface area contributed by atoms with Gasteiger partial charge in [0.25, 0.3) is 0 Å². The molecule has 18 heavy (non-hydrogen) atoms. The summed E-state index contributed by atoms with van der Waals surface area (Å²) >= 11 is 1.46. The van der Waals surface area contributed by atoms with Gasteiger partial charge in [0, 0.05) is 24.4 Å². The van der Waals surface area contributed by atoms with Crippen molar-refractivity contribution in [1.82, 2.24) is 4.98 Å². The lowest BCUT2D eigenvalue weighted by Gasteiger charge is -2.22. The lowest BCUT2D eigenvalue weighted by atomic mass is 10.2. The molecule has 0 fully saturated rings. The van der Waals surface area contributed by atoms with Crippen LogP contribution < -0.4 is 10.6 Å². The summed E-state index contributed by atoms with van der Waals surface area (Å²) in [6, 6.07) is 0.586. The summed E-state index contributed by atoms with van der Waals surface area (Å²) in [5, 5.41) is 14.4. The Hall–Kier alpha value is -1.08. The Kier molecular flexibility index (Phi) is 5.61. The number of anilines is 2. The molecule has 0 aliphatic carbocycles. The minimum Gasteiger partial charge on any atom is -0.395 e. The number of hydrogen-bond acceptors (Lipinski definition) is 5. The van der Waals surface area contributed by atoms with E-state index < -0.39 is 11.6 Å². The van der Waals surface area contributed by atoms with Crippen molar-refractivity contribution < 1.29 is 13.9 Å². The number of nitrogens with zero attached hydrogens (tertiary/aromatic N) is 1. The molecule has 0 radical (unpaired) electrons. The van der Waals surface area contributed by atoms with Crippen molar-refractivity contribution in [2.24, 2.45) is 0 Å². The fourth-order valence-electron chi connectivity index (χ4n) is 1.49.